The van der Waals surface area contributed by atoms with Gasteiger partial charge in [-0.1, -0.05) is 11.3 Å². The molecular formula is C14H16N2O5S2. The first-order valence-electron chi connectivity index (χ1n) is 6.68. The van der Waals surface area contributed by atoms with Gasteiger partial charge in [0.15, 0.2) is 14.6 Å². The number of nitrogens with zero attached hydrogens (tertiary/aromatic N) is 2. The van der Waals surface area contributed by atoms with Crippen LogP contribution in [0.15, 0.2) is 28.1 Å². The molecule has 9 heteroatoms. The lowest BCUT2D eigenvalue weighted by Crippen LogP contribution is -2.18. The number of ether oxygens (including phenoxy) is 1. The van der Waals surface area contributed by atoms with Crippen molar-refractivity contribution in [1.29, 1.82) is 0 Å². The predicted octanol–water partition coefficient (Wildman–Crippen LogP) is 1.12. The van der Waals surface area contributed by atoms with Crippen LogP contribution in [0.5, 0.6) is 0 Å². The van der Waals surface area contributed by atoms with Crippen LogP contribution >= 0.6 is 11.3 Å². The van der Waals surface area contributed by atoms with Gasteiger partial charge in [-0.2, -0.15) is 4.99 Å². The van der Waals surface area contributed by atoms with Crippen LogP contribution in [0.25, 0.3) is 10.2 Å². The van der Waals surface area contributed by atoms with E-state index in [-0.39, 0.29) is 29.7 Å². The Morgan fingerprint density at radius 1 is 1.35 bits per heavy atom. The Hall–Kier alpha value is -2.00. The van der Waals surface area contributed by atoms with Crippen molar-refractivity contribution in [2.45, 2.75) is 24.8 Å². The zero-order valence-electron chi connectivity index (χ0n) is 12.9. The van der Waals surface area contributed by atoms with E-state index in [1.165, 1.54) is 31.4 Å². The molecule has 0 aliphatic carbocycles. The number of fused-ring (bicyclic) bond motifs is 1. The van der Waals surface area contributed by atoms with Crippen LogP contribution in [0.4, 0.5) is 0 Å². The number of sulfone groups is 1. The van der Waals surface area contributed by atoms with Crippen LogP contribution < -0.4 is 4.80 Å². The number of hydrogen-bond donors (Lipinski definition) is 0. The monoisotopic (exact) mass is 356 g/mol. The number of amides is 1. The van der Waals surface area contributed by atoms with Crippen LogP contribution in [0.1, 0.15) is 13.3 Å². The minimum absolute atomic E-state index is 0.126. The molecule has 0 aliphatic rings. The maximum absolute atomic E-state index is 11.7. The van der Waals surface area contributed by atoms with Gasteiger partial charge < -0.3 is 9.30 Å². The third-order valence-electron chi connectivity index (χ3n) is 3.10. The molecule has 0 radical (unpaired) electrons. The molecule has 7 nitrogen and oxygen atoms in total. The second-order valence-corrected chi connectivity index (χ2v) is 7.92. The fourth-order valence-corrected chi connectivity index (χ4v) is 3.89. The lowest BCUT2D eigenvalue weighted by Gasteiger charge is -2.05. The molecule has 1 aromatic heterocycles. The number of esters is 1. The second-order valence-electron chi connectivity index (χ2n) is 4.89. The molecule has 0 aliphatic heterocycles. The van der Waals surface area contributed by atoms with Gasteiger partial charge in [-0.25, -0.2) is 8.42 Å². The average Bonchev–Trinajstić information content (AvgIpc) is 2.79. The summed E-state index contributed by atoms with van der Waals surface area (Å²) in [5.41, 5.74) is 0.714. The predicted molar refractivity (Wildman–Crippen MR) is 85.8 cm³/mol. The summed E-state index contributed by atoms with van der Waals surface area (Å²) in [6.45, 7) is 1.62. The third-order valence-corrected chi connectivity index (χ3v) is 5.25. The van der Waals surface area contributed by atoms with Crippen LogP contribution in [0.2, 0.25) is 0 Å². The molecule has 0 fully saturated rings. The van der Waals surface area contributed by atoms with Crippen molar-refractivity contribution in [2.75, 3.05) is 13.4 Å². The Kier molecular flexibility index (Phi) is 5.00. The van der Waals surface area contributed by atoms with E-state index in [1.54, 1.807) is 16.7 Å². The van der Waals surface area contributed by atoms with Crippen LogP contribution in [-0.4, -0.2) is 38.2 Å². The Balaban J connectivity index is 2.62. The molecule has 0 bridgehead atoms. The number of aryl methyl sites for hydroxylation is 1. The zero-order chi connectivity index (χ0) is 17.2. The molecule has 1 amide bonds. The van der Waals surface area contributed by atoms with E-state index in [4.69, 9.17) is 0 Å². The first kappa shape index (κ1) is 17.4. The molecule has 124 valence electrons. The van der Waals surface area contributed by atoms with Gasteiger partial charge in [0, 0.05) is 19.7 Å². The van der Waals surface area contributed by atoms with E-state index in [0.29, 0.717) is 15.0 Å². The number of aromatic nitrogens is 1. The average molecular weight is 356 g/mol. The van der Waals surface area contributed by atoms with Crippen molar-refractivity contribution in [1.82, 2.24) is 4.57 Å². The van der Waals surface area contributed by atoms with Crippen molar-refractivity contribution >= 4 is 43.3 Å². The van der Waals surface area contributed by atoms with E-state index in [1.807, 2.05) is 0 Å². The van der Waals surface area contributed by atoms with Gasteiger partial charge in [-0.15, -0.1) is 0 Å². The number of methoxy groups -OCH3 is 1. The summed E-state index contributed by atoms with van der Waals surface area (Å²) in [7, 11) is -2.02. The van der Waals surface area contributed by atoms with Crippen LogP contribution in [0.3, 0.4) is 0 Å². The largest absolute Gasteiger partial charge is 0.469 e. The standard InChI is InChI=1S/C14H16N2O5S2/c1-9(17)15-14-16(7-6-13(18)21-2)11-5-4-10(23(3,19)20)8-12(11)22-14/h4-5,8H,6-7H2,1-3H3. The van der Waals surface area contributed by atoms with Gasteiger partial charge in [0.05, 0.1) is 28.6 Å². The quantitative estimate of drug-likeness (QED) is 0.765. The summed E-state index contributed by atoms with van der Waals surface area (Å²) >= 11 is 1.20. The highest BCUT2D eigenvalue weighted by atomic mass is 32.2. The summed E-state index contributed by atoms with van der Waals surface area (Å²) in [4.78, 5) is 27.2. The fraction of sp³-hybridized carbons (Fsp3) is 0.357. The van der Waals surface area contributed by atoms with Gasteiger partial charge in [-0.3, -0.25) is 9.59 Å². The van der Waals surface area contributed by atoms with Crippen molar-refractivity contribution in [2.24, 2.45) is 4.99 Å². The molecule has 0 unspecified atom stereocenters. The van der Waals surface area contributed by atoms with Gasteiger partial charge >= 0.3 is 5.97 Å². The first-order chi connectivity index (χ1) is 10.7. The molecule has 0 saturated heterocycles. The third kappa shape index (κ3) is 4.05. The van der Waals surface area contributed by atoms with E-state index in [9.17, 15) is 18.0 Å². The number of rotatable bonds is 4. The van der Waals surface area contributed by atoms with Crippen LogP contribution in [0, 0.1) is 0 Å². The molecule has 0 spiro atoms. The molecule has 0 N–H and O–H groups in total. The summed E-state index contributed by atoms with van der Waals surface area (Å²) in [5, 5.41) is 0. The molecular weight excluding hydrogens is 340 g/mol. The smallest absolute Gasteiger partial charge is 0.307 e. The zero-order valence-corrected chi connectivity index (χ0v) is 14.5. The first-order valence-corrected chi connectivity index (χ1v) is 9.38. The summed E-state index contributed by atoms with van der Waals surface area (Å²) < 4.78 is 30.3. The molecule has 1 heterocycles. The Bertz CT molecular complexity index is 938. The van der Waals surface area contributed by atoms with Crippen LogP contribution in [-0.2, 0) is 30.7 Å². The number of benzene rings is 1. The van der Waals surface area contributed by atoms with Gasteiger partial charge in [-0.05, 0) is 18.2 Å². The van der Waals surface area contributed by atoms with E-state index >= 15 is 0 Å². The highest BCUT2D eigenvalue weighted by Gasteiger charge is 2.13. The molecule has 23 heavy (non-hydrogen) atoms. The number of carbonyl (C=O) groups excluding carboxylic acids is 2. The van der Waals surface area contributed by atoms with Gasteiger partial charge in [0.1, 0.15) is 0 Å². The number of thiazole rings is 1. The Labute approximate surface area is 137 Å². The number of hydrogen-bond acceptors (Lipinski definition) is 6. The Morgan fingerprint density at radius 2 is 2.04 bits per heavy atom. The highest BCUT2D eigenvalue weighted by Crippen LogP contribution is 2.22. The van der Waals surface area contributed by atoms with Crippen molar-refractivity contribution < 1.29 is 22.7 Å². The van der Waals surface area contributed by atoms with Gasteiger partial charge in [0.2, 0.25) is 5.91 Å². The highest BCUT2D eigenvalue weighted by molar-refractivity contribution is 7.90. The summed E-state index contributed by atoms with van der Waals surface area (Å²) in [5.74, 6) is -0.745. The van der Waals surface area contributed by atoms with E-state index in [2.05, 4.69) is 9.73 Å². The van der Waals surface area contributed by atoms with Gasteiger partial charge in [0.25, 0.3) is 0 Å². The Morgan fingerprint density at radius 3 is 2.61 bits per heavy atom. The van der Waals surface area contributed by atoms with Crippen molar-refractivity contribution in [3.05, 3.63) is 23.0 Å². The topological polar surface area (TPSA) is 94.8 Å². The second kappa shape index (κ2) is 6.63. The van der Waals surface area contributed by atoms with E-state index < -0.39 is 9.84 Å². The number of carbonyl (C=O) groups is 2. The molecule has 1 aromatic carbocycles. The van der Waals surface area contributed by atoms with E-state index in [0.717, 1.165) is 6.26 Å². The SMILES string of the molecule is COC(=O)CCn1c(=NC(C)=O)sc2cc(S(C)(=O)=O)ccc21. The molecule has 0 atom stereocenters. The lowest BCUT2D eigenvalue weighted by atomic mass is 10.3. The van der Waals surface area contributed by atoms with Crippen molar-refractivity contribution in [3.8, 4) is 0 Å². The normalized spacial score (nSPS) is 12.6. The maximum Gasteiger partial charge on any atom is 0.307 e. The molecule has 0 saturated carbocycles. The lowest BCUT2D eigenvalue weighted by molar-refractivity contribution is -0.140. The van der Waals surface area contributed by atoms with Crippen molar-refractivity contribution in [3.63, 3.8) is 0 Å². The summed E-state index contributed by atoms with van der Waals surface area (Å²) in [6.07, 6.45) is 1.26. The molecule has 2 rings (SSSR count). The fourth-order valence-electron chi connectivity index (χ4n) is 2.03. The molecule has 2 aromatic rings. The minimum Gasteiger partial charge on any atom is -0.469 e. The minimum atomic E-state index is -3.32. The summed E-state index contributed by atoms with van der Waals surface area (Å²) in [6, 6.07) is 4.69. The maximum atomic E-state index is 11.7.